The molecule has 8 heteroatoms. The standard InChI is InChI=1S/C23H19F3N2O3/c1-14(29)5-4-8-31-16-9-18(15-11-27-13-28-12-15)21-17-6-2-3-7-19(17)22(30,20(21)10-16)23(24,25)26/h2-3,6-7,9-13,30H,4-5,8H2,1H3. The van der Waals surface area contributed by atoms with Crippen molar-refractivity contribution in [1.82, 2.24) is 9.97 Å². The quantitative estimate of drug-likeness (QED) is 0.578. The number of carbonyl (C=O) groups excluding carboxylic acids is 1. The van der Waals surface area contributed by atoms with Crippen LogP contribution in [0.15, 0.2) is 55.1 Å². The van der Waals surface area contributed by atoms with E-state index < -0.39 is 11.8 Å². The molecule has 0 spiro atoms. The Balaban J connectivity index is 1.91. The Labute approximate surface area is 176 Å². The molecule has 0 saturated heterocycles. The number of ether oxygens (including phenoxy) is 1. The van der Waals surface area contributed by atoms with Crippen molar-refractivity contribution in [3.8, 4) is 28.0 Å². The van der Waals surface area contributed by atoms with Crippen molar-refractivity contribution < 1.29 is 27.8 Å². The Morgan fingerprint density at radius 3 is 2.48 bits per heavy atom. The van der Waals surface area contributed by atoms with Crippen molar-refractivity contribution in [2.45, 2.75) is 31.5 Å². The van der Waals surface area contributed by atoms with Crippen LogP contribution in [-0.2, 0) is 10.4 Å². The zero-order valence-corrected chi connectivity index (χ0v) is 16.6. The fourth-order valence-corrected chi connectivity index (χ4v) is 3.92. The summed E-state index contributed by atoms with van der Waals surface area (Å²) in [6.07, 6.45) is 0.103. The lowest BCUT2D eigenvalue weighted by Gasteiger charge is -2.28. The summed E-state index contributed by atoms with van der Waals surface area (Å²) in [5.41, 5.74) is -2.24. The molecule has 1 atom stereocenters. The molecule has 1 N–H and O–H groups in total. The highest BCUT2D eigenvalue weighted by Gasteiger charge is 2.61. The van der Waals surface area contributed by atoms with Gasteiger partial charge in [-0.3, -0.25) is 0 Å². The molecule has 0 fully saturated rings. The van der Waals surface area contributed by atoms with Crippen LogP contribution in [0.3, 0.4) is 0 Å². The lowest BCUT2D eigenvalue weighted by atomic mass is 9.89. The topological polar surface area (TPSA) is 72.3 Å². The molecule has 0 aliphatic heterocycles. The lowest BCUT2D eigenvalue weighted by Crippen LogP contribution is -2.41. The molecule has 31 heavy (non-hydrogen) atoms. The number of fused-ring (bicyclic) bond motifs is 3. The summed E-state index contributed by atoms with van der Waals surface area (Å²) in [4.78, 5) is 19.1. The second kappa shape index (κ2) is 7.77. The summed E-state index contributed by atoms with van der Waals surface area (Å²) < 4.78 is 48.3. The maximum Gasteiger partial charge on any atom is 0.425 e. The van der Waals surface area contributed by atoms with Gasteiger partial charge in [0.25, 0.3) is 0 Å². The van der Waals surface area contributed by atoms with Gasteiger partial charge in [-0.2, -0.15) is 13.2 Å². The third-order valence-corrected chi connectivity index (χ3v) is 5.31. The van der Waals surface area contributed by atoms with E-state index in [0.717, 1.165) is 0 Å². The van der Waals surface area contributed by atoms with Gasteiger partial charge in [0.05, 0.1) is 6.61 Å². The van der Waals surface area contributed by atoms with Gasteiger partial charge in [0.15, 0.2) is 0 Å². The van der Waals surface area contributed by atoms with E-state index in [2.05, 4.69) is 9.97 Å². The van der Waals surface area contributed by atoms with Gasteiger partial charge in [-0.1, -0.05) is 24.3 Å². The predicted octanol–water partition coefficient (Wildman–Crippen LogP) is 4.67. The molecule has 0 amide bonds. The van der Waals surface area contributed by atoms with E-state index in [-0.39, 0.29) is 34.8 Å². The maximum atomic E-state index is 14.2. The Morgan fingerprint density at radius 2 is 1.81 bits per heavy atom. The number of Topliss-reactive ketones (excluding diaryl/α,β-unsaturated/α-hetero) is 1. The first-order valence-corrected chi connectivity index (χ1v) is 9.68. The molecule has 1 aliphatic carbocycles. The van der Waals surface area contributed by atoms with Gasteiger partial charge in [0.1, 0.15) is 17.9 Å². The van der Waals surface area contributed by atoms with Gasteiger partial charge in [-0.15, -0.1) is 0 Å². The third-order valence-electron chi connectivity index (χ3n) is 5.31. The van der Waals surface area contributed by atoms with E-state index in [4.69, 9.17) is 4.74 Å². The Bertz CT molecular complexity index is 1130. The van der Waals surface area contributed by atoms with Crippen molar-refractivity contribution >= 4 is 5.78 Å². The zero-order valence-electron chi connectivity index (χ0n) is 16.6. The van der Waals surface area contributed by atoms with Crippen LogP contribution in [0, 0.1) is 0 Å². The average molecular weight is 428 g/mol. The van der Waals surface area contributed by atoms with E-state index in [1.54, 1.807) is 18.2 Å². The van der Waals surface area contributed by atoms with Crippen LogP contribution < -0.4 is 4.74 Å². The summed E-state index contributed by atoms with van der Waals surface area (Å²) in [5.74, 6) is 0.165. The minimum atomic E-state index is -4.95. The number of rotatable bonds is 6. The monoisotopic (exact) mass is 428 g/mol. The molecule has 3 aromatic rings. The molecule has 2 aromatic carbocycles. The van der Waals surface area contributed by atoms with Crippen LogP contribution in [0.4, 0.5) is 13.2 Å². The normalized spacial score (nSPS) is 17.2. The molecule has 160 valence electrons. The molecule has 4 rings (SSSR count). The fraction of sp³-hybridized carbons (Fsp3) is 0.261. The summed E-state index contributed by atoms with van der Waals surface area (Å²) in [7, 11) is 0. The minimum Gasteiger partial charge on any atom is -0.494 e. The van der Waals surface area contributed by atoms with Gasteiger partial charge >= 0.3 is 6.18 Å². The summed E-state index contributed by atoms with van der Waals surface area (Å²) >= 11 is 0. The molecule has 1 aromatic heterocycles. The van der Waals surface area contributed by atoms with E-state index in [1.807, 2.05) is 0 Å². The van der Waals surface area contributed by atoms with Crippen molar-refractivity contribution in [2.75, 3.05) is 6.61 Å². The molecule has 0 saturated carbocycles. The van der Waals surface area contributed by atoms with Crippen molar-refractivity contribution in [3.63, 3.8) is 0 Å². The smallest absolute Gasteiger partial charge is 0.425 e. The minimum absolute atomic E-state index is 0.00146. The Morgan fingerprint density at radius 1 is 1.10 bits per heavy atom. The number of hydrogen-bond donors (Lipinski definition) is 1. The number of hydrogen-bond acceptors (Lipinski definition) is 5. The number of aromatic nitrogens is 2. The number of nitrogens with zero attached hydrogens (tertiary/aromatic N) is 2. The first kappa shape index (κ1) is 21.0. The van der Waals surface area contributed by atoms with E-state index in [0.29, 0.717) is 29.5 Å². The average Bonchev–Trinajstić information content (AvgIpc) is 3.01. The van der Waals surface area contributed by atoms with Crippen LogP contribution in [0.5, 0.6) is 5.75 Å². The molecular formula is C23H19F3N2O3. The molecule has 1 heterocycles. The van der Waals surface area contributed by atoms with Crippen LogP contribution in [0.2, 0.25) is 0 Å². The number of carbonyl (C=O) groups is 1. The first-order chi connectivity index (χ1) is 14.7. The van der Waals surface area contributed by atoms with E-state index in [9.17, 15) is 23.1 Å². The fourth-order valence-electron chi connectivity index (χ4n) is 3.92. The number of aliphatic hydroxyl groups is 1. The number of halogens is 3. The van der Waals surface area contributed by atoms with Crippen LogP contribution >= 0.6 is 0 Å². The molecular weight excluding hydrogens is 409 g/mol. The zero-order chi connectivity index (χ0) is 22.2. The summed E-state index contributed by atoms with van der Waals surface area (Å²) in [6, 6.07) is 8.77. The Kier molecular flexibility index (Phi) is 5.26. The predicted molar refractivity (Wildman–Crippen MR) is 107 cm³/mol. The van der Waals surface area contributed by atoms with Crippen molar-refractivity contribution in [3.05, 3.63) is 66.2 Å². The van der Waals surface area contributed by atoms with Crippen LogP contribution in [0.1, 0.15) is 30.9 Å². The Hall–Kier alpha value is -3.26. The molecule has 1 unspecified atom stereocenters. The SMILES string of the molecule is CC(=O)CCCOc1cc(-c2cncnc2)c2c(c1)C(O)(C(F)(F)F)c1ccccc1-2. The van der Waals surface area contributed by atoms with Crippen LogP contribution in [-0.4, -0.2) is 33.6 Å². The first-order valence-electron chi connectivity index (χ1n) is 9.68. The van der Waals surface area contributed by atoms with Crippen molar-refractivity contribution in [1.29, 1.82) is 0 Å². The molecule has 0 radical (unpaired) electrons. The molecule has 0 bridgehead atoms. The summed E-state index contributed by atoms with van der Waals surface area (Å²) in [5, 5.41) is 11.0. The number of ketones is 1. The second-order valence-corrected chi connectivity index (χ2v) is 7.43. The third kappa shape index (κ3) is 3.57. The van der Waals surface area contributed by atoms with Crippen LogP contribution in [0.25, 0.3) is 22.3 Å². The number of alkyl halides is 3. The van der Waals surface area contributed by atoms with Gasteiger partial charge < -0.3 is 14.6 Å². The van der Waals surface area contributed by atoms with Crippen molar-refractivity contribution in [2.24, 2.45) is 0 Å². The lowest BCUT2D eigenvalue weighted by molar-refractivity contribution is -0.246. The largest absolute Gasteiger partial charge is 0.494 e. The summed E-state index contributed by atoms with van der Waals surface area (Å²) in [6.45, 7) is 1.62. The number of benzene rings is 2. The van der Waals surface area contributed by atoms with E-state index in [1.165, 1.54) is 43.8 Å². The highest BCUT2D eigenvalue weighted by atomic mass is 19.4. The van der Waals surface area contributed by atoms with Gasteiger partial charge in [-0.25, -0.2) is 9.97 Å². The maximum absolute atomic E-state index is 14.2. The highest BCUT2D eigenvalue weighted by molar-refractivity contribution is 5.93. The van der Waals surface area contributed by atoms with E-state index >= 15 is 0 Å². The van der Waals surface area contributed by atoms with Gasteiger partial charge in [-0.05, 0) is 42.2 Å². The molecule has 5 nitrogen and oxygen atoms in total. The highest BCUT2D eigenvalue weighted by Crippen LogP contribution is 2.58. The van der Waals surface area contributed by atoms with Gasteiger partial charge in [0, 0.05) is 35.5 Å². The molecule has 1 aliphatic rings. The second-order valence-electron chi connectivity index (χ2n) is 7.43. The van der Waals surface area contributed by atoms with Gasteiger partial charge in [0.2, 0.25) is 5.60 Å².